The Balaban J connectivity index is 4.45. The molecule has 0 aromatic rings. The molecule has 0 bridgehead atoms. The second-order valence-corrected chi connectivity index (χ2v) is 6.26. The lowest BCUT2D eigenvalue weighted by atomic mass is 9.91. The van der Waals surface area contributed by atoms with Crippen molar-refractivity contribution in [2.45, 2.75) is 71.1 Å². The molecule has 0 unspecified atom stereocenters. The molecule has 0 aromatic carbocycles. The van der Waals surface area contributed by atoms with E-state index in [-0.39, 0.29) is 6.92 Å². The van der Waals surface area contributed by atoms with Crippen molar-refractivity contribution < 1.29 is 35.9 Å². The molecule has 0 amide bonds. The van der Waals surface area contributed by atoms with E-state index < -0.39 is 55.0 Å². The zero-order chi connectivity index (χ0) is 17.8. The summed E-state index contributed by atoms with van der Waals surface area (Å²) in [4.78, 5) is 11.5. The highest BCUT2D eigenvalue weighted by molar-refractivity contribution is 5.75. The predicted molar refractivity (Wildman–Crippen MR) is 69.4 cm³/mol. The normalized spacial score (nSPS) is 14.1. The summed E-state index contributed by atoms with van der Waals surface area (Å²) < 4.78 is 82.9. The number of esters is 1. The summed E-state index contributed by atoms with van der Waals surface area (Å²) in [5.74, 6) is -12.5. The van der Waals surface area contributed by atoms with Crippen LogP contribution in [0.15, 0.2) is 0 Å². The summed E-state index contributed by atoms with van der Waals surface area (Å²) in [7, 11) is 0. The van der Waals surface area contributed by atoms with Gasteiger partial charge in [-0.15, -0.1) is 0 Å². The van der Waals surface area contributed by atoms with Gasteiger partial charge in [-0.1, -0.05) is 6.92 Å². The van der Waals surface area contributed by atoms with Gasteiger partial charge in [0.15, 0.2) is 0 Å². The lowest BCUT2D eigenvalue weighted by molar-refractivity contribution is -0.165. The van der Waals surface area contributed by atoms with Crippen LogP contribution in [0, 0.1) is 5.41 Å². The number of ether oxygens (including phenoxy) is 1. The molecule has 0 N–H and O–H groups in total. The monoisotopic (exact) mass is 336 g/mol. The molecule has 2 nitrogen and oxygen atoms in total. The Kier molecular flexibility index (Phi) is 6.78. The molecule has 0 spiro atoms. The molecule has 8 heteroatoms. The van der Waals surface area contributed by atoms with E-state index in [1.165, 1.54) is 0 Å². The second-order valence-electron chi connectivity index (χ2n) is 6.26. The van der Waals surface area contributed by atoms with E-state index in [9.17, 15) is 31.1 Å². The van der Waals surface area contributed by atoms with E-state index in [4.69, 9.17) is 0 Å². The molecule has 0 aliphatic carbocycles. The summed E-state index contributed by atoms with van der Waals surface area (Å²) in [6, 6.07) is 0. The van der Waals surface area contributed by atoms with Crippen molar-refractivity contribution >= 4 is 5.97 Å². The molecule has 0 saturated heterocycles. The van der Waals surface area contributed by atoms with Gasteiger partial charge >= 0.3 is 5.97 Å². The van der Waals surface area contributed by atoms with Crippen LogP contribution in [0.5, 0.6) is 0 Å². The summed E-state index contributed by atoms with van der Waals surface area (Å²) >= 11 is 0. The first kappa shape index (κ1) is 21.0. The van der Waals surface area contributed by atoms with Crippen LogP contribution in [-0.2, 0) is 9.53 Å². The molecular formula is C14H22F6O2. The van der Waals surface area contributed by atoms with Gasteiger partial charge in [0.2, 0.25) is 0 Å². The third-order valence-corrected chi connectivity index (χ3v) is 3.22. The van der Waals surface area contributed by atoms with Crippen molar-refractivity contribution in [2.24, 2.45) is 5.41 Å². The van der Waals surface area contributed by atoms with Gasteiger partial charge in [0.1, 0.15) is 0 Å². The van der Waals surface area contributed by atoms with Crippen molar-refractivity contribution in [1.82, 2.24) is 0 Å². The fourth-order valence-corrected chi connectivity index (χ4v) is 1.62. The molecule has 0 rings (SSSR count). The Morgan fingerprint density at radius 1 is 0.909 bits per heavy atom. The number of hydrogen-bond acceptors (Lipinski definition) is 2. The molecule has 22 heavy (non-hydrogen) atoms. The maximum absolute atomic E-state index is 13.4. The second kappa shape index (κ2) is 7.08. The summed E-state index contributed by atoms with van der Waals surface area (Å²) in [6.07, 6.45) is -4.66. The van der Waals surface area contributed by atoms with E-state index in [0.29, 0.717) is 6.42 Å². The van der Waals surface area contributed by atoms with Crippen LogP contribution in [0.3, 0.4) is 0 Å². The van der Waals surface area contributed by atoms with Crippen molar-refractivity contribution in [3.05, 3.63) is 0 Å². The highest BCUT2D eigenvalue weighted by atomic mass is 19.3. The first-order valence-electron chi connectivity index (χ1n) is 6.91. The minimum absolute atomic E-state index is 0.244. The van der Waals surface area contributed by atoms with E-state index in [0.717, 1.165) is 0 Å². The molecule has 132 valence electrons. The Hall–Kier alpha value is -0.950. The number of halogens is 6. The number of carbonyl (C=O) groups excluding carboxylic acids is 1. The zero-order valence-electron chi connectivity index (χ0n) is 13.1. The molecule has 0 atom stereocenters. The molecule has 0 aliphatic heterocycles. The molecule has 0 radical (unpaired) electrons. The summed E-state index contributed by atoms with van der Waals surface area (Å²) in [5, 5.41) is 0. The quantitative estimate of drug-likeness (QED) is 0.434. The smallest absolute Gasteiger partial charge is 0.311 e. The Bertz CT molecular complexity index is 374. The van der Waals surface area contributed by atoms with Crippen LogP contribution in [0.1, 0.15) is 53.4 Å². The van der Waals surface area contributed by atoms with Gasteiger partial charge in [-0.3, -0.25) is 4.79 Å². The fourth-order valence-electron chi connectivity index (χ4n) is 1.62. The van der Waals surface area contributed by atoms with Crippen LogP contribution in [-0.4, -0.2) is 30.3 Å². The van der Waals surface area contributed by atoms with Crippen molar-refractivity contribution in [2.75, 3.05) is 6.61 Å². The number of carbonyl (C=O) groups is 1. The number of alkyl halides is 6. The standard InChI is InChI=1S/C14H22F6O2/c1-5-11(2,3)10(21)22-7-6-13(17,18)9-14(19,20)8-12(4,15)16/h5-9H2,1-4H3. The number of hydrogen-bond donors (Lipinski definition) is 0. The van der Waals surface area contributed by atoms with Gasteiger partial charge in [0, 0.05) is 6.42 Å². The van der Waals surface area contributed by atoms with Gasteiger partial charge in [-0.25, -0.2) is 26.3 Å². The first-order chi connectivity index (χ1) is 9.60. The van der Waals surface area contributed by atoms with Crippen LogP contribution >= 0.6 is 0 Å². The topological polar surface area (TPSA) is 26.3 Å². The van der Waals surface area contributed by atoms with Crippen LogP contribution in [0.4, 0.5) is 26.3 Å². The fraction of sp³-hybridized carbons (Fsp3) is 0.929. The van der Waals surface area contributed by atoms with E-state index in [2.05, 4.69) is 4.74 Å². The molecule has 0 heterocycles. The Morgan fingerprint density at radius 3 is 1.82 bits per heavy atom. The van der Waals surface area contributed by atoms with E-state index in [1.807, 2.05) is 0 Å². The van der Waals surface area contributed by atoms with Crippen molar-refractivity contribution in [3.8, 4) is 0 Å². The first-order valence-corrected chi connectivity index (χ1v) is 6.91. The minimum atomic E-state index is -4.20. The lowest BCUT2D eigenvalue weighted by Crippen LogP contribution is -2.35. The van der Waals surface area contributed by atoms with E-state index >= 15 is 0 Å². The largest absolute Gasteiger partial charge is 0.465 e. The average Bonchev–Trinajstić information content (AvgIpc) is 2.23. The Labute approximate surface area is 126 Å². The molecule has 0 saturated carbocycles. The summed E-state index contributed by atoms with van der Waals surface area (Å²) in [6.45, 7) is 4.33. The molecule has 0 fully saturated rings. The van der Waals surface area contributed by atoms with E-state index in [1.54, 1.807) is 20.8 Å². The van der Waals surface area contributed by atoms with Crippen LogP contribution in [0.25, 0.3) is 0 Å². The average molecular weight is 336 g/mol. The van der Waals surface area contributed by atoms with Gasteiger partial charge in [0.05, 0.1) is 24.9 Å². The van der Waals surface area contributed by atoms with Crippen molar-refractivity contribution in [3.63, 3.8) is 0 Å². The SMILES string of the molecule is CCC(C)(C)C(=O)OCCC(F)(F)CC(F)(F)CC(C)(F)F. The molecule has 0 aliphatic rings. The zero-order valence-corrected chi connectivity index (χ0v) is 13.1. The van der Waals surface area contributed by atoms with Gasteiger partial charge in [-0.05, 0) is 27.2 Å². The third-order valence-electron chi connectivity index (χ3n) is 3.22. The Morgan fingerprint density at radius 2 is 1.41 bits per heavy atom. The number of rotatable bonds is 9. The maximum Gasteiger partial charge on any atom is 0.311 e. The highest BCUT2D eigenvalue weighted by Gasteiger charge is 2.47. The highest BCUT2D eigenvalue weighted by Crippen LogP contribution is 2.39. The van der Waals surface area contributed by atoms with Crippen LogP contribution in [0.2, 0.25) is 0 Å². The van der Waals surface area contributed by atoms with Gasteiger partial charge in [-0.2, -0.15) is 0 Å². The summed E-state index contributed by atoms with van der Waals surface area (Å²) in [5.41, 5.74) is -0.858. The molecular weight excluding hydrogens is 314 g/mol. The maximum atomic E-state index is 13.4. The molecule has 0 aromatic heterocycles. The lowest BCUT2D eigenvalue weighted by Gasteiger charge is -2.26. The predicted octanol–water partition coefficient (Wildman–Crippen LogP) is 5.06. The van der Waals surface area contributed by atoms with Crippen LogP contribution < -0.4 is 0 Å². The third kappa shape index (κ3) is 8.48. The van der Waals surface area contributed by atoms with Crippen molar-refractivity contribution in [1.29, 1.82) is 0 Å². The van der Waals surface area contributed by atoms with Gasteiger partial charge in [0.25, 0.3) is 17.8 Å². The van der Waals surface area contributed by atoms with Gasteiger partial charge < -0.3 is 4.74 Å². The minimum Gasteiger partial charge on any atom is -0.465 e.